The Bertz CT molecular complexity index is 732. The maximum atomic E-state index is 13.3. The van der Waals surface area contributed by atoms with Gasteiger partial charge in [-0.15, -0.1) is 0 Å². The predicted molar refractivity (Wildman–Crippen MR) is 126 cm³/mol. The minimum atomic E-state index is 0.0259. The van der Waals surface area contributed by atoms with E-state index in [4.69, 9.17) is 0 Å². The SMILES string of the molecule is O=C(NCCN1CCCCC1)C1CCN(C(=O)N2C[C@@H]3C[C@H](C2)[C@H]2CCCC(=O)N2C3)CC1. The van der Waals surface area contributed by atoms with Crippen molar-refractivity contribution >= 4 is 17.8 Å². The highest BCUT2D eigenvalue weighted by atomic mass is 16.2. The van der Waals surface area contributed by atoms with Crippen molar-refractivity contribution in [3.8, 4) is 0 Å². The molecule has 5 rings (SSSR count). The largest absolute Gasteiger partial charge is 0.355 e. The summed E-state index contributed by atoms with van der Waals surface area (Å²) in [6.07, 6.45) is 9.31. The van der Waals surface area contributed by atoms with Gasteiger partial charge in [0, 0.05) is 64.2 Å². The Balaban J connectivity index is 1.06. The average molecular weight is 460 g/mol. The fourth-order valence-corrected chi connectivity index (χ4v) is 6.96. The van der Waals surface area contributed by atoms with Gasteiger partial charge in [0.05, 0.1) is 0 Å². The molecule has 5 saturated heterocycles. The van der Waals surface area contributed by atoms with E-state index in [-0.39, 0.29) is 17.9 Å². The van der Waals surface area contributed by atoms with Crippen LogP contribution in [0.3, 0.4) is 0 Å². The molecule has 0 radical (unpaired) electrons. The summed E-state index contributed by atoms with van der Waals surface area (Å²) in [5.41, 5.74) is 0. The molecule has 184 valence electrons. The number of carbonyl (C=O) groups excluding carboxylic acids is 3. The highest BCUT2D eigenvalue weighted by Crippen LogP contribution is 2.38. The predicted octanol–water partition coefficient (Wildman–Crippen LogP) is 1.75. The molecule has 1 N–H and O–H groups in total. The fraction of sp³-hybridized carbons (Fsp3) is 0.880. The number of carbonyl (C=O) groups is 3. The third kappa shape index (κ3) is 5.15. The van der Waals surface area contributed by atoms with Crippen LogP contribution in [0.5, 0.6) is 0 Å². The number of likely N-dealkylation sites (tertiary alicyclic amines) is 3. The van der Waals surface area contributed by atoms with Crippen LogP contribution in [0.1, 0.15) is 57.8 Å². The van der Waals surface area contributed by atoms with Crippen molar-refractivity contribution in [2.45, 2.75) is 63.8 Å². The van der Waals surface area contributed by atoms with Gasteiger partial charge >= 0.3 is 6.03 Å². The van der Waals surface area contributed by atoms with Gasteiger partial charge in [0.1, 0.15) is 0 Å². The quantitative estimate of drug-likeness (QED) is 0.695. The normalized spacial score (nSPS) is 31.3. The van der Waals surface area contributed by atoms with Gasteiger partial charge in [0.25, 0.3) is 0 Å². The summed E-state index contributed by atoms with van der Waals surface area (Å²) >= 11 is 0. The maximum absolute atomic E-state index is 13.3. The summed E-state index contributed by atoms with van der Waals surface area (Å²) in [6, 6.07) is 0.474. The van der Waals surface area contributed by atoms with Crippen LogP contribution in [-0.4, -0.2) is 102 Å². The standard InChI is InChI=1S/C25H41N5O3/c31-23-6-4-5-22-21-15-19(17-30(22)23)16-29(18-21)25(33)28-12-7-20(8-13-28)24(32)26-9-14-27-10-2-1-3-11-27/h19-22H,1-18H2,(H,26,32)/t19-,21+,22+/m0/s1. The van der Waals surface area contributed by atoms with E-state index in [0.717, 1.165) is 77.9 Å². The summed E-state index contributed by atoms with van der Waals surface area (Å²) < 4.78 is 0. The van der Waals surface area contributed by atoms with Gasteiger partial charge < -0.3 is 24.9 Å². The molecule has 0 unspecified atom stereocenters. The molecule has 2 bridgehead atoms. The van der Waals surface area contributed by atoms with Gasteiger partial charge in [0.2, 0.25) is 11.8 Å². The number of nitrogens with one attached hydrogen (secondary N) is 1. The fourth-order valence-electron chi connectivity index (χ4n) is 6.96. The first-order chi connectivity index (χ1) is 16.1. The lowest BCUT2D eigenvalue weighted by molar-refractivity contribution is -0.144. The molecule has 8 nitrogen and oxygen atoms in total. The molecular formula is C25H41N5O3. The van der Waals surface area contributed by atoms with Crippen LogP contribution in [0.2, 0.25) is 0 Å². The Labute approximate surface area is 198 Å². The first-order valence-corrected chi connectivity index (χ1v) is 13.4. The third-order valence-electron chi connectivity index (χ3n) is 8.76. The average Bonchev–Trinajstić information content (AvgIpc) is 2.85. The molecule has 8 heteroatoms. The molecule has 0 aromatic carbocycles. The van der Waals surface area contributed by atoms with Crippen LogP contribution in [0.15, 0.2) is 0 Å². The summed E-state index contributed by atoms with van der Waals surface area (Å²) in [4.78, 5) is 46.9. The molecule has 4 amide bonds. The molecule has 33 heavy (non-hydrogen) atoms. The van der Waals surface area contributed by atoms with Gasteiger partial charge in [-0.05, 0) is 69.9 Å². The number of rotatable bonds is 4. The second-order valence-corrected chi connectivity index (χ2v) is 11.0. The zero-order valence-corrected chi connectivity index (χ0v) is 20.1. The van der Waals surface area contributed by atoms with Crippen molar-refractivity contribution in [1.82, 2.24) is 24.9 Å². The highest BCUT2D eigenvalue weighted by molar-refractivity contribution is 5.80. The van der Waals surface area contributed by atoms with Gasteiger partial charge in [-0.3, -0.25) is 9.59 Å². The van der Waals surface area contributed by atoms with E-state index in [2.05, 4.69) is 15.1 Å². The number of fused-ring (bicyclic) bond motifs is 4. The first-order valence-electron chi connectivity index (χ1n) is 13.4. The molecule has 5 fully saturated rings. The maximum Gasteiger partial charge on any atom is 0.320 e. The van der Waals surface area contributed by atoms with Crippen LogP contribution >= 0.6 is 0 Å². The molecule has 0 saturated carbocycles. The molecular weight excluding hydrogens is 418 g/mol. The van der Waals surface area contributed by atoms with Crippen molar-refractivity contribution in [2.75, 3.05) is 58.9 Å². The van der Waals surface area contributed by atoms with Crippen molar-refractivity contribution in [1.29, 1.82) is 0 Å². The van der Waals surface area contributed by atoms with Crippen molar-refractivity contribution in [3.63, 3.8) is 0 Å². The zero-order chi connectivity index (χ0) is 22.8. The van der Waals surface area contributed by atoms with E-state index in [9.17, 15) is 14.4 Å². The van der Waals surface area contributed by atoms with E-state index >= 15 is 0 Å². The number of amides is 4. The lowest BCUT2D eigenvalue weighted by Gasteiger charge is -2.53. The highest BCUT2D eigenvalue weighted by Gasteiger charge is 2.45. The topological polar surface area (TPSA) is 76.2 Å². The lowest BCUT2D eigenvalue weighted by Crippen LogP contribution is -2.62. The molecule has 3 atom stereocenters. The van der Waals surface area contributed by atoms with Gasteiger partial charge in [-0.25, -0.2) is 4.79 Å². The van der Waals surface area contributed by atoms with E-state index < -0.39 is 0 Å². The second-order valence-electron chi connectivity index (χ2n) is 11.0. The Morgan fingerprint density at radius 2 is 1.67 bits per heavy atom. The summed E-state index contributed by atoms with van der Waals surface area (Å²) in [7, 11) is 0. The van der Waals surface area contributed by atoms with Crippen LogP contribution in [0, 0.1) is 17.8 Å². The Hall–Kier alpha value is -1.83. The molecule has 5 heterocycles. The van der Waals surface area contributed by atoms with Gasteiger partial charge in [0.15, 0.2) is 0 Å². The monoisotopic (exact) mass is 459 g/mol. The Morgan fingerprint density at radius 1 is 0.879 bits per heavy atom. The molecule has 0 aromatic rings. The van der Waals surface area contributed by atoms with E-state index in [1.807, 2.05) is 9.80 Å². The van der Waals surface area contributed by atoms with Crippen LogP contribution in [0.4, 0.5) is 4.79 Å². The van der Waals surface area contributed by atoms with E-state index in [1.165, 1.54) is 19.3 Å². The van der Waals surface area contributed by atoms with Gasteiger partial charge in [-0.2, -0.15) is 0 Å². The molecule has 5 aliphatic heterocycles. The Morgan fingerprint density at radius 3 is 2.45 bits per heavy atom. The second kappa shape index (κ2) is 10.2. The number of nitrogens with zero attached hydrogens (tertiary/aromatic N) is 4. The van der Waals surface area contributed by atoms with Crippen molar-refractivity contribution in [3.05, 3.63) is 0 Å². The summed E-state index contributed by atoms with van der Waals surface area (Å²) in [5.74, 6) is 1.34. The number of piperidine rings is 5. The van der Waals surface area contributed by atoms with Crippen LogP contribution in [0.25, 0.3) is 0 Å². The lowest BCUT2D eigenvalue weighted by atomic mass is 9.76. The third-order valence-corrected chi connectivity index (χ3v) is 8.76. The summed E-state index contributed by atoms with van der Waals surface area (Å²) in [6.45, 7) is 7.70. The van der Waals surface area contributed by atoms with Gasteiger partial charge in [-0.1, -0.05) is 6.42 Å². The van der Waals surface area contributed by atoms with Crippen molar-refractivity contribution < 1.29 is 14.4 Å². The van der Waals surface area contributed by atoms with E-state index in [0.29, 0.717) is 43.3 Å². The number of hydrogen-bond donors (Lipinski definition) is 1. The smallest absolute Gasteiger partial charge is 0.320 e. The molecule has 0 spiro atoms. The number of hydrogen-bond acceptors (Lipinski definition) is 4. The minimum Gasteiger partial charge on any atom is -0.355 e. The molecule has 5 aliphatic rings. The molecule has 0 aromatic heterocycles. The zero-order valence-electron chi connectivity index (χ0n) is 20.1. The van der Waals surface area contributed by atoms with E-state index in [1.54, 1.807) is 0 Å². The van der Waals surface area contributed by atoms with Crippen molar-refractivity contribution in [2.24, 2.45) is 17.8 Å². The minimum absolute atomic E-state index is 0.0259. The number of urea groups is 1. The molecule has 0 aliphatic carbocycles. The summed E-state index contributed by atoms with van der Waals surface area (Å²) in [5, 5.41) is 3.14. The Kier molecular flexibility index (Phi) is 7.09. The van der Waals surface area contributed by atoms with Crippen LogP contribution in [-0.2, 0) is 9.59 Å². The van der Waals surface area contributed by atoms with Crippen LogP contribution < -0.4 is 5.32 Å². The first kappa shape index (κ1) is 22.9.